The first-order valence-electron chi connectivity index (χ1n) is 6.98. The molecule has 2 aliphatic rings. The van der Waals surface area contributed by atoms with Crippen molar-refractivity contribution in [2.24, 2.45) is 5.73 Å². The molecule has 0 radical (unpaired) electrons. The van der Waals surface area contributed by atoms with Gasteiger partial charge in [-0.3, -0.25) is 9.69 Å². The van der Waals surface area contributed by atoms with Crippen molar-refractivity contribution in [1.82, 2.24) is 4.90 Å². The Morgan fingerprint density at radius 1 is 1.48 bits per heavy atom. The van der Waals surface area contributed by atoms with Gasteiger partial charge in [0.2, 0.25) is 5.91 Å². The van der Waals surface area contributed by atoms with Crippen LogP contribution >= 0.6 is 23.7 Å². The fraction of sp³-hybridized carbons (Fsp3) is 0.267. The maximum Gasteiger partial charge on any atom is 0.352 e. The second-order valence-electron chi connectivity index (χ2n) is 5.20. The number of nitrogens with zero attached hydrogens (tertiary/aromatic N) is 2. The summed E-state index contributed by atoms with van der Waals surface area (Å²) >= 11 is 2.99. The average molecular weight is 350 g/mol. The number of carbonyl (C=O) groups excluding carboxylic acids is 1. The van der Waals surface area contributed by atoms with E-state index in [9.17, 15) is 14.7 Å². The van der Waals surface area contributed by atoms with Crippen LogP contribution in [0, 0.1) is 0 Å². The van der Waals surface area contributed by atoms with Crippen molar-refractivity contribution in [2.75, 3.05) is 5.75 Å². The predicted octanol–water partition coefficient (Wildman–Crippen LogP) is 0.955. The lowest BCUT2D eigenvalue weighted by molar-refractivity contribution is -0.493. The number of carbonyl (C=O) groups is 2. The molecule has 2 atom stereocenters. The van der Waals surface area contributed by atoms with E-state index in [2.05, 4.69) is 0 Å². The van der Waals surface area contributed by atoms with E-state index in [0.717, 1.165) is 4.91 Å². The molecule has 120 valence electrons. The number of β-lactam (4-membered cyclic amide) rings is 1. The zero-order valence-corrected chi connectivity index (χ0v) is 14.0. The summed E-state index contributed by atoms with van der Waals surface area (Å²) in [6.45, 7) is 1.91. The summed E-state index contributed by atoms with van der Waals surface area (Å²) < 4.78 is 1.93. The van der Waals surface area contributed by atoms with Crippen LogP contribution in [0.5, 0.6) is 0 Å². The average Bonchev–Trinajstić information content (AvgIpc) is 2.54. The molecule has 0 aliphatic carbocycles. The van der Waals surface area contributed by atoms with Crippen LogP contribution in [0.25, 0.3) is 0 Å². The highest BCUT2D eigenvalue weighted by molar-refractivity contribution is 8.00. The number of hydrogen-bond acceptors (Lipinski definition) is 5. The molecule has 0 spiro atoms. The van der Waals surface area contributed by atoms with Crippen molar-refractivity contribution in [3.8, 4) is 0 Å². The Bertz CT molecular complexity index is 718. The Kier molecular flexibility index (Phi) is 4.47. The number of pyridine rings is 1. The van der Waals surface area contributed by atoms with Gasteiger partial charge in [-0.2, -0.15) is 0 Å². The summed E-state index contributed by atoms with van der Waals surface area (Å²) in [6, 6.07) is 5.17. The van der Waals surface area contributed by atoms with Crippen molar-refractivity contribution in [1.29, 1.82) is 0 Å². The van der Waals surface area contributed by atoms with E-state index >= 15 is 0 Å². The highest BCUT2D eigenvalue weighted by atomic mass is 32.2. The molecule has 1 fully saturated rings. The number of hydrogen-bond donors (Lipinski definition) is 2. The molecule has 1 aromatic rings. The fourth-order valence-corrected chi connectivity index (χ4v) is 4.57. The summed E-state index contributed by atoms with van der Waals surface area (Å²) in [6.07, 6.45) is 5.66. The molecule has 3 heterocycles. The Morgan fingerprint density at radius 3 is 2.83 bits per heavy atom. The third-order valence-electron chi connectivity index (χ3n) is 3.56. The van der Waals surface area contributed by atoms with Crippen LogP contribution < -0.4 is 9.71 Å². The van der Waals surface area contributed by atoms with E-state index in [1.807, 2.05) is 47.6 Å². The zero-order chi connectivity index (χ0) is 16.6. The molecule has 6 nitrogen and oxygen atoms in total. The zero-order valence-electron chi connectivity index (χ0n) is 12.4. The van der Waals surface area contributed by atoms with Crippen molar-refractivity contribution >= 4 is 35.6 Å². The summed E-state index contributed by atoms with van der Waals surface area (Å²) in [7, 11) is 0. The van der Waals surface area contributed by atoms with Crippen LogP contribution in [0.1, 0.15) is 6.92 Å². The van der Waals surface area contributed by atoms with Crippen molar-refractivity contribution in [3.63, 3.8) is 0 Å². The van der Waals surface area contributed by atoms with Crippen LogP contribution in [0.15, 0.2) is 52.8 Å². The Hall–Kier alpha value is -1.77. The van der Waals surface area contributed by atoms with Crippen LogP contribution in [-0.4, -0.2) is 39.1 Å². The Morgan fingerprint density at radius 2 is 2.17 bits per heavy atom. The van der Waals surface area contributed by atoms with Gasteiger partial charge in [0, 0.05) is 17.9 Å². The maximum atomic E-state index is 11.9. The van der Waals surface area contributed by atoms with Gasteiger partial charge in [0.15, 0.2) is 24.3 Å². The second-order valence-corrected chi connectivity index (χ2v) is 7.55. The third-order valence-corrected chi connectivity index (χ3v) is 5.74. The quantitative estimate of drug-likeness (QED) is 0.621. The minimum atomic E-state index is -1.09. The van der Waals surface area contributed by atoms with Crippen LogP contribution in [0.3, 0.4) is 0 Å². The highest BCUT2D eigenvalue weighted by Crippen LogP contribution is 2.40. The van der Waals surface area contributed by atoms with E-state index in [1.54, 1.807) is 0 Å². The minimum absolute atomic E-state index is 0.0541. The fourth-order valence-electron chi connectivity index (χ4n) is 2.53. The summed E-state index contributed by atoms with van der Waals surface area (Å²) in [5.74, 6) is -0.888. The van der Waals surface area contributed by atoms with E-state index in [-0.39, 0.29) is 17.0 Å². The van der Waals surface area contributed by atoms with Gasteiger partial charge in [0.25, 0.3) is 0 Å². The molecule has 3 N–H and O–H groups in total. The molecule has 0 saturated carbocycles. The number of fused-ring (bicyclic) bond motifs is 1. The van der Waals surface area contributed by atoms with Crippen LogP contribution in [0.4, 0.5) is 0 Å². The topological polar surface area (TPSA) is 87.5 Å². The molecule has 0 bridgehead atoms. The summed E-state index contributed by atoms with van der Waals surface area (Å²) in [5, 5.41) is 9.23. The number of aromatic nitrogens is 1. The summed E-state index contributed by atoms with van der Waals surface area (Å²) in [5.41, 5.74) is 6.43. The third kappa shape index (κ3) is 3.01. The normalized spacial score (nSPS) is 24.3. The standard InChI is InChI=1S/C15H15N3O3S2/c1-9(23-17-5-3-2-4-6-17)7-10-8-22-14-11(16)13(19)18(14)12(10)15(20)21/h2-7,11,14H,8,16H2,1H3/p+1/b9-7+/t11-,14+/m1/s1. The van der Waals surface area contributed by atoms with Crippen molar-refractivity contribution < 1.29 is 18.7 Å². The lowest BCUT2D eigenvalue weighted by Gasteiger charge is -2.47. The molecule has 1 amide bonds. The molecule has 3 rings (SSSR count). The SMILES string of the molecule is C/C(=C\C1=C(C(=O)O)N2C(=O)[C@@H](N)[C@@H]2SC1)S[n+]1ccccc1. The molecule has 1 aromatic heterocycles. The van der Waals surface area contributed by atoms with E-state index in [4.69, 9.17) is 5.73 Å². The first-order valence-corrected chi connectivity index (χ1v) is 8.81. The lowest BCUT2D eigenvalue weighted by Crippen LogP contribution is -2.68. The number of carboxylic acid groups (broad SMARTS) is 1. The van der Waals surface area contributed by atoms with Crippen molar-refractivity contribution in [2.45, 2.75) is 18.3 Å². The van der Waals surface area contributed by atoms with E-state index < -0.39 is 12.0 Å². The number of rotatable bonds is 4. The molecule has 23 heavy (non-hydrogen) atoms. The van der Waals surface area contributed by atoms with Gasteiger partial charge in [-0.25, -0.2) is 4.79 Å². The first kappa shape index (κ1) is 16.1. The molecule has 1 saturated heterocycles. The lowest BCUT2D eigenvalue weighted by atomic mass is 10.0. The summed E-state index contributed by atoms with van der Waals surface area (Å²) in [4.78, 5) is 25.7. The number of nitrogens with two attached hydrogens (primary N) is 1. The minimum Gasteiger partial charge on any atom is -0.477 e. The Balaban J connectivity index is 1.88. The molecule has 0 aromatic carbocycles. The Labute approximate surface area is 142 Å². The number of allylic oxidation sites excluding steroid dienone is 2. The molecule has 2 aliphatic heterocycles. The monoisotopic (exact) mass is 350 g/mol. The van der Waals surface area contributed by atoms with Gasteiger partial charge in [-0.15, -0.1) is 15.7 Å². The van der Waals surface area contributed by atoms with Gasteiger partial charge >= 0.3 is 5.97 Å². The van der Waals surface area contributed by atoms with Gasteiger partial charge in [-0.1, -0.05) is 6.07 Å². The van der Waals surface area contributed by atoms with Crippen LogP contribution in [-0.2, 0) is 9.59 Å². The first-order chi connectivity index (χ1) is 11.0. The van der Waals surface area contributed by atoms with Gasteiger partial charge < -0.3 is 10.8 Å². The number of thioether (sulfide) groups is 1. The van der Waals surface area contributed by atoms with E-state index in [1.165, 1.54) is 28.6 Å². The number of amides is 1. The molecular weight excluding hydrogens is 334 g/mol. The molecular formula is C15H16N3O3S2+. The second kappa shape index (κ2) is 6.38. The van der Waals surface area contributed by atoms with Gasteiger partial charge in [-0.05, 0) is 18.6 Å². The van der Waals surface area contributed by atoms with Gasteiger partial charge in [0.05, 0.1) is 4.91 Å². The largest absolute Gasteiger partial charge is 0.477 e. The molecule has 8 heteroatoms. The van der Waals surface area contributed by atoms with E-state index in [0.29, 0.717) is 11.3 Å². The molecule has 0 unspecified atom stereocenters. The smallest absolute Gasteiger partial charge is 0.352 e. The highest BCUT2D eigenvalue weighted by Gasteiger charge is 2.51. The van der Waals surface area contributed by atoms with Gasteiger partial charge in [0.1, 0.15) is 17.1 Å². The van der Waals surface area contributed by atoms with Crippen molar-refractivity contribution in [3.05, 3.63) is 52.8 Å². The number of carboxylic acids is 1. The maximum absolute atomic E-state index is 11.9. The predicted molar refractivity (Wildman–Crippen MR) is 89.1 cm³/mol. The number of aliphatic carboxylic acids is 1. The van der Waals surface area contributed by atoms with Crippen LogP contribution in [0.2, 0.25) is 0 Å².